The number of amides is 2. The fourth-order valence-electron chi connectivity index (χ4n) is 3.25. The van der Waals surface area contributed by atoms with Crippen molar-refractivity contribution in [2.24, 2.45) is 5.92 Å². The minimum atomic E-state index is -0.704. The summed E-state index contributed by atoms with van der Waals surface area (Å²) in [5.41, 5.74) is -0.104. The smallest absolute Gasteiger partial charge is 0.226 e. The Hall–Kier alpha value is -1.80. The highest BCUT2D eigenvalue weighted by Gasteiger charge is 2.33. The molecule has 1 heterocycles. The van der Waals surface area contributed by atoms with Crippen LogP contribution in [0.25, 0.3) is 0 Å². The Morgan fingerprint density at radius 2 is 2.07 bits per heavy atom. The van der Waals surface area contributed by atoms with Gasteiger partial charge in [-0.3, -0.25) is 14.4 Å². The van der Waals surface area contributed by atoms with E-state index >= 15 is 0 Å². The summed E-state index contributed by atoms with van der Waals surface area (Å²) in [6.07, 6.45) is 3.98. The number of aromatic nitrogens is 1. The van der Waals surface area contributed by atoms with Gasteiger partial charge in [0.05, 0.1) is 22.1 Å². The molecule has 7 nitrogen and oxygen atoms in total. The van der Waals surface area contributed by atoms with Crippen LogP contribution in [0.2, 0.25) is 0 Å². The molecule has 1 aliphatic carbocycles. The number of nitrogens with one attached hydrogen (secondary N) is 2. The number of fused-ring (bicyclic) bond motifs is 1. The van der Waals surface area contributed by atoms with Crippen molar-refractivity contribution < 1.29 is 19.5 Å². The van der Waals surface area contributed by atoms with Gasteiger partial charge in [-0.1, -0.05) is 18.3 Å². The van der Waals surface area contributed by atoms with Crippen LogP contribution in [0, 0.1) is 5.92 Å². The molecule has 0 saturated carbocycles. The van der Waals surface area contributed by atoms with E-state index in [2.05, 4.69) is 15.6 Å². The molecule has 156 valence electrons. The predicted octanol–water partition coefficient (Wildman–Crippen LogP) is 3.07. The normalized spacial score (nSPS) is 17.8. The highest BCUT2D eigenvalue weighted by Crippen LogP contribution is 2.32. The molecule has 0 spiro atoms. The van der Waals surface area contributed by atoms with E-state index < -0.39 is 11.5 Å². The van der Waals surface area contributed by atoms with Gasteiger partial charge < -0.3 is 15.7 Å². The number of anilines is 1. The van der Waals surface area contributed by atoms with Crippen molar-refractivity contribution in [3.05, 3.63) is 10.6 Å². The van der Waals surface area contributed by atoms with E-state index in [9.17, 15) is 19.5 Å². The summed E-state index contributed by atoms with van der Waals surface area (Å²) in [6, 6.07) is -0.0225. The summed E-state index contributed by atoms with van der Waals surface area (Å²) < 4.78 is 0. The van der Waals surface area contributed by atoms with Crippen LogP contribution in [0.1, 0.15) is 81.6 Å². The fourth-order valence-corrected chi connectivity index (χ4v) is 4.21. The lowest BCUT2D eigenvalue weighted by Gasteiger charge is -2.23. The minimum absolute atomic E-state index is 0.0225. The topological polar surface area (TPSA) is 108 Å². The van der Waals surface area contributed by atoms with Crippen molar-refractivity contribution >= 4 is 34.1 Å². The zero-order valence-electron chi connectivity index (χ0n) is 17.1. The molecular weight excluding hydrogens is 378 g/mol. The maximum absolute atomic E-state index is 12.6. The fraction of sp³-hybridized carbons (Fsp3) is 0.700. The van der Waals surface area contributed by atoms with E-state index in [1.54, 1.807) is 13.8 Å². The van der Waals surface area contributed by atoms with E-state index in [4.69, 9.17) is 0 Å². The number of ketones is 1. The molecule has 0 unspecified atom stereocenters. The monoisotopic (exact) mass is 409 g/mol. The van der Waals surface area contributed by atoms with Gasteiger partial charge in [0.1, 0.15) is 0 Å². The number of aliphatic hydroxyl groups is 1. The number of nitrogens with zero attached hydrogens (tertiary/aromatic N) is 1. The van der Waals surface area contributed by atoms with Crippen LogP contribution in [-0.4, -0.2) is 39.3 Å². The molecule has 1 aromatic heterocycles. The Morgan fingerprint density at radius 1 is 1.36 bits per heavy atom. The van der Waals surface area contributed by atoms with Gasteiger partial charge >= 0.3 is 0 Å². The maximum atomic E-state index is 12.6. The van der Waals surface area contributed by atoms with Crippen LogP contribution >= 0.6 is 11.3 Å². The van der Waals surface area contributed by atoms with Crippen LogP contribution < -0.4 is 10.6 Å². The average molecular weight is 410 g/mol. The Kier molecular flexibility index (Phi) is 7.71. The molecule has 8 heteroatoms. The molecule has 0 saturated heterocycles. The quantitative estimate of drug-likeness (QED) is 0.581. The molecule has 1 aromatic rings. The SMILES string of the molecule is CCCC(=O)Nc1nc2c(s1)C(=O)C[C@@H](C(=O)N[C@H](C)CCCC(C)(C)O)C2. The van der Waals surface area contributed by atoms with Gasteiger partial charge in [-0.2, -0.15) is 0 Å². The van der Waals surface area contributed by atoms with E-state index in [0.29, 0.717) is 35.0 Å². The van der Waals surface area contributed by atoms with E-state index in [1.807, 2.05) is 13.8 Å². The van der Waals surface area contributed by atoms with E-state index in [0.717, 1.165) is 19.3 Å². The third-order valence-corrected chi connectivity index (χ3v) is 5.78. The summed E-state index contributed by atoms with van der Waals surface area (Å²) in [4.78, 5) is 41.7. The summed E-state index contributed by atoms with van der Waals surface area (Å²) in [5.74, 6) is -0.780. The molecule has 0 aliphatic heterocycles. The summed E-state index contributed by atoms with van der Waals surface area (Å²) in [6.45, 7) is 7.40. The van der Waals surface area contributed by atoms with Gasteiger partial charge in [0.25, 0.3) is 0 Å². The molecule has 1 aliphatic rings. The lowest BCUT2D eigenvalue weighted by atomic mass is 9.89. The number of hydrogen-bond donors (Lipinski definition) is 3. The van der Waals surface area contributed by atoms with E-state index in [1.165, 1.54) is 11.3 Å². The zero-order chi connectivity index (χ0) is 20.9. The summed E-state index contributed by atoms with van der Waals surface area (Å²) in [7, 11) is 0. The number of rotatable bonds is 9. The highest BCUT2D eigenvalue weighted by molar-refractivity contribution is 7.17. The number of carbonyl (C=O) groups is 3. The Balaban J connectivity index is 1.91. The van der Waals surface area contributed by atoms with Crippen molar-refractivity contribution in [3.63, 3.8) is 0 Å². The molecule has 2 rings (SSSR count). The Morgan fingerprint density at radius 3 is 2.71 bits per heavy atom. The molecule has 28 heavy (non-hydrogen) atoms. The third kappa shape index (κ3) is 6.67. The first-order valence-corrected chi connectivity index (χ1v) is 10.8. The lowest BCUT2D eigenvalue weighted by molar-refractivity contribution is -0.125. The van der Waals surface area contributed by atoms with Crippen molar-refractivity contribution in [1.82, 2.24) is 10.3 Å². The average Bonchev–Trinajstić information content (AvgIpc) is 2.96. The molecule has 0 aromatic carbocycles. The molecule has 3 N–H and O–H groups in total. The molecule has 0 fully saturated rings. The van der Waals surface area contributed by atoms with Gasteiger partial charge in [-0.15, -0.1) is 0 Å². The molecule has 2 atom stereocenters. The van der Waals surface area contributed by atoms with Crippen molar-refractivity contribution in [2.75, 3.05) is 5.32 Å². The number of hydrogen-bond acceptors (Lipinski definition) is 6. The second-order valence-electron chi connectivity index (χ2n) is 8.24. The third-order valence-electron chi connectivity index (χ3n) is 4.73. The standard InChI is InChI=1S/C20H31N3O4S/c1-5-7-16(25)23-19-22-14-10-13(11-15(24)17(14)28-19)18(26)21-12(2)8-6-9-20(3,4)27/h12-13,27H,5-11H2,1-4H3,(H,21,26)(H,22,23,25)/t12-,13+/m1/s1. The molecule has 0 radical (unpaired) electrons. The summed E-state index contributed by atoms with van der Waals surface area (Å²) >= 11 is 1.19. The Labute approximate surface area is 170 Å². The molecule has 0 bridgehead atoms. The van der Waals surface area contributed by atoms with E-state index in [-0.39, 0.29) is 30.1 Å². The summed E-state index contributed by atoms with van der Waals surface area (Å²) in [5, 5.41) is 15.9. The van der Waals surface area contributed by atoms with Gasteiger partial charge in [-0.25, -0.2) is 4.98 Å². The second kappa shape index (κ2) is 9.60. The van der Waals surface area contributed by atoms with Crippen molar-refractivity contribution in [3.8, 4) is 0 Å². The first-order valence-electron chi connectivity index (χ1n) is 9.94. The minimum Gasteiger partial charge on any atom is -0.390 e. The van der Waals surface area contributed by atoms with Crippen LogP contribution in [0.5, 0.6) is 0 Å². The van der Waals surface area contributed by atoms with Crippen LogP contribution in [0.4, 0.5) is 5.13 Å². The van der Waals surface area contributed by atoms with Crippen LogP contribution in [0.3, 0.4) is 0 Å². The number of Topliss-reactive ketones (excluding diaryl/α,β-unsaturated/α-hetero) is 1. The van der Waals surface area contributed by atoms with Crippen molar-refractivity contribution in [1.29, 1.82) is 0 Å². The van der Waals surface area contributed by atoms with Gasteiger partial charge in [0.2, 0.25) is 11.8 Å². The molecule has 2 amide bonds. The lowest BCUT2D eigenvalue weighted by Crippen LogP contribution is -2.40. The van der Waals surface area contributed by atoms with Crippen LogP contribution in [0.15, 0.2) is 0 Å². The second-order valence-corrected chi connectivity index (χ2v) is 9.23. The number of thiazole rings is 1. The molecular formula is C20H31N3O4S. The first-order chi connectivity index (χ1) is 13.1. The first kappa shape index (κ1) is 22.5. The zero-order valence-corrected chi connectivity index (χ0v) is 17.9. The number of carbonyl (C=O) groups excluding carboxylic acids is 3. The highest BCUT2D eigenvalue weighted by atomic mass is 32.1. The Bertz CT molecular complexity index is 724. The van der Waals surface area contributed by atoms with Crippen LogP contribution in [-0.2, 0) is 16.0 Å². The van der Waals surface area contributed by atoms with Gasteiger partial charge in [0.15, 0.2) is 10.9 Å². The van der Waals surface area contributed by atoms with Gasteiger partial charge in [0, 0.05) is 25.3 Å². The maximum Gasteiger partial charge on any atom is 0.226 e. The largest absolute Gasteiger partial charge is 0.390 e. The van der Waals surface area contributed by atoms with Crippen molar-refractivity contribution in [2.45, 2.75) is 84.3 Å². The van der Waals surface area contributed by atoms with Gasteiger partial charge in [-0.05, 0) is 46.5 Å². The predicted molar refractivity (Wildman–Crippen MR) is 110 cm³/mol.